The minimum Gasteiger partial charge on any atom is -0.284 e. The maximum absolute atomic E-state index is 5.91. The first-order chi connectivity index (χ1) is 6.20. The number of halogens is 1. The Kier molecular flexibility index (Phi) is 1.96. The van der Waals surface area contributed by atoms with Crippen LogP contribution >= 0.6 is 11.6 Å². The molecule has 2 rings (SSSR count). The second-order valence-electron chi connectivity index (χ2n) is 3.15. The van der Waals surface area contributed by atoms with Gasteiger partial charge in [-0.05, 0) is 18.9 Å². The number of aryl methyl sites for hydroxylation is 1. The van der Waals surface area contributed by atoms with E-state index in [0.29, 0.717) is 5.03 Å². The first-order valence-electron chi connectivity index (χ1n) is 4.14. The first-order valence-corrected chi connectivity index (χ1v) is 4.51. The lowest BCUT2D eigenvalue weighted by molar-refractivity contribution is 0.784. The van der Waals surface area contributed by atoms with Crippen LogP contribution in [0.1, 0.15) is 19.2 Å². The molecule has 0 amide bonds. The van der Waals surface area contributed by atoms with Gasteiger partial charge in [-0.15, -0.1) is 10.2 Å². The smallest absolute Gasteiger partial charge is 0.137 e. The van der Waals surface area contributed by atoms with Crippen molar-refractivity contribution in [2.24, 2.45) is 0 Å². The molecule has 1 aromatic heterocycles. The van der Waals surface area contributed by atoms with Crippen LogP contribution in [0.4, 0.5) is 0 Å². The quantitative estimate of drug-likeness (QED) is 0.688. The van der Waals surface area contributed by atoms with Gasteiger partial charge in [0.1, 0.15) is 12.2 Å². The van der Waals surface area contributed by atoms with Crippen molar-refractivity contribution in [2.45, 2.75) is 19.8 Å². The Morgan fingerprint density at radius 2 is 2.38 bits per heavy atom. The topological polar surface area (TPSA) is 30.7 Å². The third-order valence-electron chi connectivity index (χ3n) is 2.24. The van der Waals surface area contributed by atoms with Crippen molar-refractivity contribution in [1.82, 2.24) is 14.8 Å². The Bertz CT molecular complexity index is 389. The van der Waals surface area contributed by atoms with Crippen LogP contribution in [0.15, 0.2) is 23.5 Å². The van der Waals surface area contributed by atoms with Crippen LogP contribution in [-0.4, -0.2) is 14.8 Å². The summed E-state index contributed by atoms with van der Waals surface area (Å²) in [4.78, 5) is 0. The molecule has 2 heterocycles. The lowest BCUT2D eigenvalue weighted by atomic mass is 10.1. The summed E-state index contributed by atoms with van der Waals surface area (Å²) in [7, 11) is 0. The van der Waals surface area contributed by atoms with Crippen molar-refractivity contribution >= 4 is 17.3 Å². The molecule has 68 valence electrons. The van der Waals surface area contributed by atoms with Gasteiger partial charge in [-0.2, -0.15) is 0 Å². The van der Waals surface area contributed by atoms with E-state index in [-0.39, 0.29) is 0 Å². The van der Waals surface area contributed by atoms with E-state index in [1.807, 2.05) is 4.57 Å². The van der Waals surface area contributed by atoms with Crippen LogP contribution in [-0.2, 0) is 6.42 Å². The predicted octanol–water partition coefficient (Wildman–Crippen LogP) is 2.21. The van der Waals surface area contributed by atoms with Crippen LogP contribution in [0.25, 0.3) is 5.70 Å². The van der Waals surface area contributed by atoms with Crippen molar-refractivity contribution in [1.29, 1.82) is 0 Å². The SMILES string of the molecule is C=C(Cl)C1=C(C)CCc2nncn21. The Morgan fingerprint density at radius 1 is 1.62 bits per heavy atom. The largest absolute Gasteiger partial charge is 0.284 e. The molecule has 0 bridgehead atoms. The van der Waals surface area contributed by atoms with Gasteiger partial charge in [-0.25, -0.2) is 0 Å². The van der Waals surface area contributed by atoms with E-state index in [1.54, 1.807) is 6.33 Å². The van der Waals surface area contributed by atoms with Gasteiger partial charge in [-0.1, -0.05) is 18.2 Å². The third-order valence-corrected chi connectivity index (χ3v) is 2.42. The number of rotatable bonds is 1. The fourth-order valence-corrected chi connectivity index (χ4v) is 1.85. The Labute approximate surface area is 81.7 Å². The highest BCUT2D eigenvalue weighted by Gasteiger charge is 2.18. The highest BCUT2D eigenvalue weighted by Crippen LogP contribution is 2.29. The number of hydrogen-bond donors (Lipinski definition) is 0. The monoisotopic (exact) mass is 195 g/mol. The van der Waals surface area contributed by atoms with E-state index in [4.69, 9.17) is 11.6 Å². The van der Waals surface area contributed by atoms with E-state index < -0.39 is 0 Å². The summed E-state index contributed by atoms with van der Waals surface area (Å²) < 4.78 is 1.91. The van der Waals surface area contributed by atoms with Crippen molar-refractivity contribution in [3.63, 3.8) is 0 Å². The van der Waals surface area contributed by atoms with Crippen molar-refractivity contribution in [2.75, 3.05) is 0 Å². The minimum absolute atomic E-state index is 0.554. The van der Waals surface area contributed by atoms with E-state index >= 15 is 0 Å². The molecule has 0 aliphatic carbocycles. The molecule has 0 saturated heterocycles. The summed E-state index contributed by atoms with van der Waals surface area (Å²) in [6.45, 7) is 5.80. The van der Waals surface area contributed by atoms with Crippen molar-refractivity contribution < 1.29 is 0 Å². The average Bonchev–Trinajstić information content (AvgIpc) is 2.50. The zero-order valence-corrected chi connectivity index (χ0v) is 8.17. The van der Waals surface area contributed by atoms with Gasteiger partial charge >= 0.3 is 0 Å². The molecule has 13 heavy (non-hydrogen) atoms. The van der Waals surface area contributed by atoms with Gasteiger partial charge in [0.15, 0.2) is 0 Å². The molecule has 0 unspecified atom stereocenters. The van der Waals surface area contributed by atoms with Crippen LogP contribution in [0, 0.1) is 0 Å². The third kappa shape index (κ3) is 1.29. The maximum atomic E-state index is 5.91. The number of hydrogen-bond acceptors (Lipinski definition) is 2. The predicted molar refractivity (Wildman–Crippen MR) is 52.2 cm³/mol. The van der Waals surface area contributed by atoms with Crippen LogP contribution in [0.5, 0.6) is 0 Å². The van der Waals surface area contributed by atoms with E-state index in [2.05, 4.69) is 23.7 Å². The van der Waals surface area contributed by atoms with Crippen LogP contribution < -0.4 is 0 Å². The zero-order valence-electron chi connectivity index (χ0n) is 7.42. The molecule has 0 spiro atoms. The molecule has 0 radical (unpaired) electrons. The number of nitrogens with zero attached hydrogens (tertiary/aromatic N) is 3. The molecule has 0 fully saturated rings. The lowest BCUT2D eigenvalue weighted by Gasteiger charge is -2.18. The first kappa shape index (κ1) is 8.51. The molecule has 3 nitrogen and oxygen atoms in total. The van der Waals surface area contributed by atoms with Gasteiger partial charge in [0.2, 0.25) is 0 Å². The minimum atomic E-state index is 0.554. The zero-order chi connectivity index (χ0) is 9.42. The Hall–Kier alpha value is -1.09. The molecule has 0 atom stereocenters. The maximum Gasteiger partial charge on any atom is 0.137 e. The molecular formula is C9H10ClN3. The summed E-state index contributed by atoms with van der Waals surface area (Å²) in [5.74, 6) is 0.961. The number of fused-ring (bicyclic) bond motifs is 1. The number of allylic oxidation sites excluding steroid dienone is 3. The van der Waals surface area contributed by atoms with Crippen LogP contribution in [0.2, 0.25) is 0 Å². The molecule has 0 saturated carbocycles. The Balaban J connectivity index is 2.59. The molecule has 1 aliphatic rings. The molecule has 1 aliphatic heterocycles. The van der Waals surface area contributed by atoms with E-state index in [1.165, 1.54) is 5.57 Å². The highest BCUT2D eigenvalue weighted by molar-refractivity contribution is 6.35. The van der Waals surface area contributed by atoms with Crippen molar-refractivity contribution in [3.05, 3.63) is 29.3 Å². The normalized spacial score (nSPS) is 15.8. The summed E-state index contributed by atoms with van der Waals surface area (Å²) in [6, 6.07) is 0. The van der Waals surface area contributed by atoms with E-state index in [9.17, 15) is 0 Å². The average molecular weight is 196 g/mol. The Morgan fingerprint density at radius 3 is 3.08 bits per heavy atom. The molecule has 0 aromatic carbocycles. The van der Waals surface area contributed by atoms with Gasteiger partial charge in [0, 0.05) is 6.42 Å². The van der Waals surface area contributed by atoms with Gasteiger partial charge in [0.25, 0.3) is 0 Å². The standard InChI is InChI=1S/C9H10ClN3/c1-6-3-4-8-12-11-5-13(8)9(6)7(2)10/h5H,2-4H2,1H3. The summed E-state index contributed by atoms with van der Waals surface area (Å²) in [6.07, 6.45) is 3.60. The highest BCUT2D eigenvalue weighted by atomic mass is 35.5. The summed E-state index contributed by atoms with van der Waals surface area (Å²) >= 11 is 5.91. The molecule has 4 heteroatoms. The van der Waals surface area contributed by atoms with E-state index in [0.717, 1.165) is 24.4 Å². The second-order valence-corrected chi connectivity index (χ2v) is 3.61. The molecule has 0 N–H and O–H groups in total. The molecular weight excluding hydrogens is 186 g/mol. The van der Waals surface area contributed by atoms with Gasteiger partial charge < -0.3 is 0 Å². The van der Waals surface area contributed by atoms with Crippen LogP contribution in [0.3, 0.4) is 0 Å². The number of aromatic nitrogens is 3. The fourth-order valence-electron chi connectivity index (χ4n) is 1.60. The second kappa shape index (κ2) is 3.00. The van der Waals surface area contributed by atoms with Gasteiger partial charge in [0.05, 0.1) is 10.7 Å². The van der Waals surface area contributed by atoms with Crippen molar-refractivity contribution in [3.8, 4) is 0 Å². The fraction of sp³-hybridized carbons (Fsp3) is 0.333. The lowest BCUT2D eigenvalue weighted by Crippen LogP contribution is -2.10. The summed E-state index contributed by atoms with van der Waals surface area (Å²) in [5, 5.41) is 8.41. The summed E-state index contributed by atoms with van der Waals surface area (Å²) in [5.41, 5.74) is 2.19. The van der Waals surface area contributed by atoms with Gasteiger partial charge in [-0.3, -0.25) is 4.57 Å². The molecule has 1 aromatic rings.